The van der Waals surface area contributed by atoms with Crippen LogP contribution in [0.3, 0.4) is 0 Å². The maximum atomic E-state index is 13.7. The lowest BCUT2D eigenvalue weighted by Gasteiger charge is -2.31. The van der Waals surface area contributed by atoms with E-state index in [-0.39, 0.29) is 24.0 Å². The van der Waals surface area contributed by atoms with Crippen molar-refractivity contribution in [2.24, 2.45) is 11.7 Å². The highest BCUT2D eigenvalue weighted by Gasteiger charge is 2.33. The van der Waals surface area contributed by atoms with Crippen molar-refractivity contribution in [3.8, 4) is 0 Å². The zero-order valence-corrected chi connectivity index (χ0v) is 12.2. The quantitative estimate of drug-likeness (QED) is 0.860. The molecule has 0 aliphatic carbocycles. The van der Waals surface area contributed by atoms with E-state index in [9.17, 15) is 17.2 Å². The van der Waals surface area contributed by atoms with Gasteiger partial charge in [0.25, 0.3) is 0 Å². The molecule has 1 aromatic rings. The van der Waals surface area contributed by atoms with Gasteiger partial charge in [-0.15, -0.1) is 0 Å². The molecule has 0 spiro atoms. The Morgan fingerprint density at radius 2 is 2.10 bits per heavy atom. The topological polar surface area (TPSA) is 63.4 Å². The van der Waals surface area contributed by atoms with Crippen LogP contribution in [0, 0.1) is 17.6 Å². The van der Waals surface area contributed by atoms with Gasteiger partial charge in [0.05, 0.1) is 4.99 Å². The average molecular weight is 320 g/mol. The predicted octanol–water partition coefficient (Wildman–Crippen LogP) is 1.65. The second-order valence-electron chi connectivity index (χ2n) is 4.68. The molecule has 2 N–H and O–H groups in total. The van der Waals surface area contributed by atoms with E-state index < -0.39 is 26.6 Å². The third-order valence-electron chi connectivity index (χ3n) is 3.30. The normalized spacial score (nSPS) is 20.8. The Kier molecular flexibility index (Phi) is 4.36. The fraction of sp³-hybridized carbons (Fsp3) is 0.417. The van der Waals surface area contributed by atoms with Crippen molar-refractivity contribution in [3.63, 3.8) is 0 Å². The largest absolute Gasteiger partial charge is 0.393 e. The second-order valence-corrected chi connectivity index (χ2v) is 7.06. The number of sulfonamides is 1. The van der Waals surface area contributed by atoms with E-state index in [4.69, 9.17) is 18.0 Å². The fourth-order valence-electron chi connectivity index (χ4n) is 2.22. The van der Waals surface area contributed by atoms with Crippen LogP contribution in [0.4, 0.5) is 8.78 Å². The molecule has 1 unspecified atom stereocenters. The SMILES string of the molecule is NC(=S)C1CCCN(S(=O)(=O)c2ccc(F)cc2F)C1. The summed E-state index contributed by atoms with van der Waals surface area (Å²) >= 11 is 4.88. The zero-order valence-electron chi connectivity index (χ0n) is 10.6. The standard InChI is InChI=1S/C12H14F2N2O2S2/c13-9-3-4-11(10(14)6-9)20(17,18)16-5-1-2-8(7-16)12(15)19/h3-4,6,8H,1-2,5,7H2,(H2,15,19). The van der Waals surface area contributed by atoms with Crippen LogP contribution >= 0.6 is 12.2 Å². The summed E-state index contributed by atoms with van der Waals surface area (Å²) in [6, 6.07) is 2.41. The Hall–Kier alpha value is -1.12. The van der Waals surface area contributed by atoms with E-state index >= 15 is 0 Å². The zero-order chi connectivity index (χ0) is 14.9. The minimum Gasteiger partial charge on any atom is -0.393 e. The van der Waals surface area contributed by atoms with Crippen LogP contribution in [0.15, 0.2) is 23.1 Å². The van der Waals surface area contributed by atoms with E-state index in [1.54, 1.807) is 0 Å². The van der Waals surface area contributed by atoms with Gasteiger partial charge in [-0.2, -0.15) is 4.31 Å². The van der Waals surface area contributed by atoms with Crippen molar-refractivity contribution in [3.05, 3.63) is 29.8 Å². The number of hydrogen-bond acceptors (Lipinski definition) is 3. The van der Waals surface area contributed by atoms with Crippen LogP contribution in [0.2, 0.25) is 0 Å². The highest BCUT2D eigenvalue weighted by Crippen LogP contribution is 2.25. The van der Waals surface area contributed by atoms with Crippen molar-refractivity contribution >= 4 is 27.2 Å². The van der Waals surface area contributed by atoms with Gasteiger partial charge in [0.1, 0.15) is 16.5 Å². The Morgan fingerprint density at radius 3 is 2.70 bits per heavy atom. The Bertz CT molecular complexity index is 634. The number of nitrogens with zero attached hydrogens (tertiary/aromatic N) is 1. The summed E-state index contributed by atoms with van der Waals surface area (Å²) in [5.74, 6) is -2.12. The van der Waals surface area contributed by atoms with E-state index in [0.29, 0.717) is 18.9 Å². The van der Waals surface area contributed by atoms with Gasteiger partial charge in [0.15, 0.2) is 0 Å². The molecule has 2 rings (SSSR count). The fourth-order valence-corrected chi connectivity index (χ4v) is 3.98. The lowest BCUT2D eigenvalue weighted by molar-refractivity contribution is 0.311. The maximum Gasteiger partial charge on any atom is 0.246 e. The van der Waals surface area contributed by atoms with Gasteiger partial charge in [-0.05, 0) is 25.0 Å². The molecule has 20 heavy (non-hydrogen) atoms. The molecule has 0 radical (unpaired) electrons. The summed E-state index contributed by atoms with van der Waals surface area (Å²) in [5.41, 5.74) is 5.55. The average Bonchev–Trinajstić information content (AvgIpc) is 2.38. The van der Waals surface area contributed by atoms with Gasteiger partial charge in [0, 0.05) is 25.1 Å². The summed E-state index contributed by atoms with van der Waals surface area (Å²) in [7, 11) is -4.00. The van der Waals surface area contributed by atoms with Crippen LogP contribution in [-0.4, -0.2) is 30.8 Å². The molecule has 1 aliphatic heterocycles. The second kappa shape index (κ2) is 5.71. The van der Waals surface area contributed by atoms with Crippen LogP contribution < -0.4 is 5.73 Å². The lowest BCUT2D eigenvalue weighted by Crippen LogP contribution is -2.43. The molecular weight excluding hydrogens is 306 g/mol. The number of piperidine rings is 1. The lowest BCUT2D eigenvalue weighted by atomic mass is 10.0. The molecule has 0 bridgehead atoms. The van der Waals surface area contributed by atoms with Gasteiger partial charge >= 0.3 is 0 Å². The van der Waals surface area contributed by atoms with Crippen molar-refractivity contribution < 1.29 is 17.2 Å². The third-order valence-corrected chi connectivity index (χ3v) is 5.53. The summed E-state index contributed by atoms with van der Waals surface area (Å²) in [5, 5.41) is 0. The van der Waals surface area contributed by atoms with E-state index in [1.807, 2.05) is 0 Å². The number of nitrogens with two attached hydrogens (primary N) is 1. The molecular formula is C12H14F2N2O2S2. The van der Waals surface area contributed by atoms with Crippen LogP contribution in [-0.2, 0) is 10.0 Å². The minimum absolute atomic E-state index is 0.133. The summed E-state index contributed by atoms with van der Waals surface area (Å²) in [6.07, 6.45) is 1.32. The first-order valence-corrected chi connectivity index (χ1v) is 7.91. The van der Waals surface area contributed by atoms with Crippen molar-refractivity contribution in [1.82, 2.24) is 4.31 Å². The number of hydrogen-bond donors (Lipinski definition) is 1. The molecule has 0 amide bonds. The van der Waals surface area contributed by atoms with Crippen molar-refractivity contribution in [2.45, 2.75) is 17.7 Å². The Labute approximate surface area is 121 Å². The molecule has 0 aromatic heterocycles. The molecule has 8 heteroatoms. The van der Waals surface area contributed by atoms with Gasteiger partial charge in [0.2, 0.25) is 10.0 Å². The monoisotopic (exact) mass is 320 g/mol. The molecule has 1 atom stereocenters. The molecule has 1 aromatic carbocycles. The van der Waals surface area contributed by atoms with Crippen LogP contribution in [0.25, 0.3) is 0 Å². The van der Waals surface area contributed by atoms with Crippen LogP contribution in [0.5, 0.6) is 0 Å². The molecule has 1 aliphatic rings. The molecule has 1 saturated heterocycles. The van der Waals surface area contributed by atoms with Gasteiger partial charge in [-0.1, -0.05) is 12.2 Å². The molecule has 110 valence electrons. The summed E-state index contributed by atoms with van der Waals surface area (Å²) < 4.78 is 52.4. The number of benzene rings is 1. The smallest absolute Gasteiger partial charge is 0.246 e. The third kappa shape index (κ3) is 2.97. The van der Waals surface area contributed by atoms with Crippen molar-refractivity contribution in [2.75, 3.05) is 13.1 Å². The number of halogens is 2. The molecule has 1 fully saturated rings. The molecule has 0 saturated carbocycles. The minimum atomic E-state index is -4.00. The summed E-state index contributed by atoms with van der Waals surface area (Å²) in [6.45, 7) is 0.409. The predicted molar refractivity (Wildman–Crippen MR) is 74.6 cm³/mol. The first-order chi connectivity index (χ1) is 9.32. The first kappa shape index (κ1) is 15.3. The first-order valence-electron chi connectivity index (χ1n) is 6.07. The molecule has 4 nitrogen and oxygen atoms in total. The van der Waals surface area contributed by atoms with E-state index in [0.717, 1.165) is 16.4 Å². The van der Waals surface area contributed by atoms with Gasteiger partial charge < -0.3 is 5.73 Å². The van der Waals surface area contributed by atoms with E-state index in [1.165, 1.54) is 0 Å². The highest BCUT2D eigenvalue weighted by atomic mass is 32.2. The van der Waals surface area contributed by atoms with Gasteiger partial charge in [-0.3, -0.25) is 0 Å². The number of thiocarbonyl (C=S) groups is 1. The maximum absolute atomic E-state index is 13.7. The van der Waals surface area contributed by atoms with Crippen molar-refractivity contribution in [1.29, 1.82) is 0 Å². The van der Waals surface area contributed by atoms with Gasteiger partial charge in [-0.25, -0.2) is 17.2 Å². The van der Waals surface area contributed by atoms with Crippen LogP contribution in [0.1, 0.15) is 12.8 Å². The van der Waals surface area contributed by atoms with E-state index in [2.05, 4.69) is 0 Å². The Morgan fingerprint density at radius 1 is 1.40 bits per heavy atom. The highest BCUT2D eigenvalue weighted by molar-refractivity contribution is 7.89. The Balaban J connectivity index is 2.32. The summed E-state index contributed by atoms with van der Waals surface area (Å²) in [4.78, 5) is -0.271. The number of rotatable bonds is 3. The molecule has 1 heterocycles.